The molecule has 2 aromatic carbocycles. The van der Waals surface area contributed by atoms with E-state index >= 15 is 0 Å². The molecule has 3 aromatic rings. The van der Waals surface area contributed by atoms with Crippen molar-refractivity contribution in [3.05, 3.63) is 69.7 Å². The zero-order chi connectivity index (χ0) is 21.8. The van der Waals surface area contributed by atoms with Crippen molar-refractivity contribution in [2.75, 3.05) is 6.54 Å². The lowest BCUT2D eigenvalue weighted by Gasteiger charge is -2.04. The minimum Gasteiger partial charge on any atom is -0.494 e. The summed E-state index contributed by atoms with van der Waals surface area (Å²) in [6, 6.07) is 14.8. The second kappa shape index (κ2) is 9.80. The van der Waals surface area contributed by atoms with E-state index < -0.39 is 0 Å². The molecule has 0 radical (unpaired) electrons. The lowest BCUT2D eigenvalue weighted by molar-refractivity contribution is -0.244. The molecule has 0 spiro atoms. The van der Waals surface area contributed by atoms with Gasteiger partial charge in [0.05, 0.1) is 34.6 Å². The Morgan fingerprint density at radius 2 is 1.81 bits per heavy atom. The standard InChI is InChI=1S/C22H20BrN3O4S/c1-2-3-12-24-29-30-31-16-10-6-14(7-11-16)20-18-17(21(27)26-20)19(25-22(18)28)13-4-8-15(23)9-5-13/h4-11,24,26-27H,2-3,12H2,1H3. The average molecular weight is 502 g/mol. The summed E-state index contributed by atoms with van der Waals surface area (Å²) < 4.78 is 5.98. The molecule has 9 heteroatoms. The molecule has 0 atom stereocenters. The first kappa shape index (κ1) is 21.8. The fourth-order valence-electron chi connectivity index (χ4n) is 3.23. The van der Waals surface area contributed by atoms with E-state index in [1.807, 2.05) is 48.5 Å². The number of fused-ring (bicyclic) bond motifs is 1. The fraction of sp³-hybridized carbons (Fsp3) is 0.182. The Morgan fingerprint density at radius 3 is 2.52 bits per heavy atom. The lowest BCUT2D eigenvalue weighted by Crippen LogP contribution is -2.14. The number of nitrogens with zero attached hydrogens (tertiary/aromatic N) is 1. The molecule has 1 aliphatic rings. The summed E-state index contributed by atoms with van der Waals surface area (Å²) in [6.45, 7) is 2.81. The Morgan fingerprint density at radius 1 is 1.10 bits per heavy atom. The molecule has 0 aliphatic carbocycles. The van der Waals surface area contributed by atoms with Crippen molar-refractivity contribution in [1.82, 2.24) is 10.5 Å². The van der Waals surface area contributed by atoms with E-state index in [1.165, 1.54) is 0 Å². The Balaban J connectivity index is 1.51. The smallest absolute Gasteiger partial charge is 0.280 e. The predicted octanol–water partition coefficient (Wildman–Crippen LogP) is 5.40. The molecular weight excluding hydrogens is 482 g/mol. The van der Waals surface area contributed by atoms with E-state index in [1.54, 1.807) is 0 Å². The first-order valence-electron chi connectivity index (χ1n) is 9.76. The highest BCUT2D eigenvalue weighted by Gasteiger charge is 2.33. The monoisotopic (exact) mass is 501 g/mol. The minimum atomic E-state index is -0.382. The van der Waals surface area contributed by atoms with Gasteiger partial charge in [-0.05, 0) is 36.2 Å². The van der Waals surface area contributed by atoms with Gasteiger partial charge in [0.15, 0.2) is 5.88 Å². The number of hydrogen-bond acceptors (Lipinski definition) is 6. The van der Waals surface area contributed by atoms with E-state index in [4.69, 9.17) is 9.32 Å². The first-order chi connectivity index (χ1) is 15.1. The third-order valence-electron chi connectivity index (χ3n) is 4.76. The van der Waals surface area contributed by atoms with Crippen molar-refractivity contribution in [2.45, 2.75) is 24.7 Å². The molecule has 160 valence electrons. The maximum atomic E-state index is 12.7. The van der Waals surface area contributed by atoms with Crippen LogP contribution in [0.2, 0.25) is 0 Å². The number of hydrogen-bond donors (Lipinski definition) is 3. The number of carbonyl (C=O) groups excluding carboxylic acids is 1. The summed E-state index contributed by atoms with van der Waals surface area (Å²) in [4.78, 5) is 25.5. The largest absolute Gasteiger partial charge is 0.494 e. The number of aromatic amines is 1. The van der Waals surface area contributed by atoms with Crippen LogP contribution in [-0.4, -0.2) is 28.3 Å². The summed E-state index contributed by atoms with van der Waals surface area (Å²) in [5.41, 5.74) is 6.02. The number of aromatic nitrogens is 1. The highest BCUT2D eigenvalue weighted by Crippen LogP contribution is 2.38. The SMILES string of the molecule is CCCCNOOSc1ccc(-c2[nH]c(O)c3c2C(=O)N=C3c2ccc(Br)cc2)cc1. The minimum absolute atomic E-state index is 0.0779. The van der Waals surface area contributed by atoms with Gasteiger partial charge in [0.2, 0.25) is 0 Å². The fourth-order valence-corrected chi connectivity index (χ4v) is 3.90. The van der Waals surface area contributed by atoms with Crippen molar-refractivity contribution in [2.24, 2.45) is 4.99 Å². The Hall–Kier alpha value is -2.43. The third-order valence-corrected chi connectivity index (χ3v) is 5.89. The molecule has 0 saturated heterocycles. The molecule has 0 fully saturated rings. The van der Waals surface area contributed by atoms with Gasteiger partial charge in [-0.2, -0.15) is 5.48 Å². The van der Waals surface area contributed by atoms with Gasteiger partial charge in [0.1, 0.15) is 0 Å². The number of aliphatic imine (C=N–C) groups is 1. The molecule has 1 aliphatic heterocycles. The zero-order valence-corrected chi connectivity index (χ0v) is 19.0. The van der Waals surface area contributed by atoms with Crippen LogP contribution in [0.25, 0.3) is 11.3 Å². The maximum Gasteiger partial charge on any atom is 0.280 e. The number of nitrogens with one attached hydrogen (secondary N) is 2. The van der Waals surface area contributed by atoms with E-state index in [-0.39, 0.29) is 11.8 Å². The number of halogens is 1. The summed E-state index contributed by atoms with van der Waals surface area (Å²) in [7, 11) is 0. The van der Waals surface area contributed by atoms with E-state index in [2.05, 4.69) is 38.3 Å². The third kappa shape index (κ3) is 4.76. The highest BCUT2D eigenvalue weighted by atomic mass is 79.9. The number of aromatic hydroxyl groups is 1. The van der Waals surface area contributed by atoms with Gasteiger partial charge in [-0.15, -0.1) is 9.32 Å². The summed E-state index contributed by atoms with van der Waals surface area (Å²) in [5, 5.41) is 10.5. The molecule has 31 heavy (non-hydrogen) atoms. The molecule has 0 saturated carbocycles. The maximum absolute atomic E-state index is 12.7. The van der Waals surface area contributed by atoms with Crippen molar-refractivity contribution in [3.8, 4) is 17.1 Å². The molecule has 0 unspecified atom stereocenters. The van der Waals surface area contributed by atoms with Gasteiger partial charge in [-0.25, -0.2) is 4.99 Å². The summed E-state index contributed by atoms with van der Waals surface area (Å²) in [6.07, 6.45) is 2.07. The van der Waals surface area contributed by atoms with Crippen LogP contribution < -0.4 is 5.48 Å². The number of unbranched alkanes of at least 4 members (excludes halogenated alkanes) is 1. The van der Waals surface area contributed by atoms with Crippen LogP contribution in [0.1, 0.15) is 41.3 Å². The Labute approximate surface area is 192 Å². The molecule has 0 bridgehead atoms. The van der Waals surface area contributed by atoms with E-state index in [0.717, 1.165) is 51.9 Å². The summed E-state index contributed by atoms with van der Waals surface area (Å²) in [5.74, 6) is -0.460. The topological polar surface area (TPSA) is 95.9 Å². The highest BCUT2D eigenvalue weighted by molar-refractivity contribution is 9.10. The molecule has 1 amide bonds. The van der Waals surface area contributed by atoms with Crippen LogP contribution >= 0.6 is 28.0 Å². The molecule has 2 heterocycles. The van der Waals surface area contributed by atoms with E-state index in [9.17, 15) is 9.90 Å². The second-order valence-corrected chi connectivity index (χ2v) is 8.57. The number of H-pyrrole nitrogens is 1. The lowest BCUT2D eigenvalue weighted by atomic mass is 10.0. The number of hydroxylamine groups is 1. The van der Waals surface area contributed by atoms with Crippen LogP contribution in [0.15, 0.2) is 62.9 Å². The van der Waals surface area contributed by atoms with Gasteiger partial charge >= 0.3 is 0 Å². The van der Waals surface area contributed by atoms with Crippen LogP contribution in [0.4, 0.5) is 0 Å². The Kier molecular flexibility index (Phi) is 6.89. The van der Waals surface area contributed by atoms with Crippen molar-refractivity contribution in [1.29, 1.82) is 0 Å². The van der Waals surface area contributed by atoms with Gasteiger partial charge in [0.25, 0.3) is 5.91 Å². The van der Waals surface area contributed by atoms with Crippen molar-refractivity contribution in [3.63, 3.8) is 0 Å². The van der Waals surface area contributed by atoms with E-state index in [0.29, 0.717) is 22.5 Å². The van der Waals surface area contributed by atoms with Crippen LogP contribution in [0, 0.1) is 0 Å². The van der Waals surface area contributed by atoms with Gasteiger partial charge in [-0.3, -0.25) is 4.79 Å². The quantitative estimate of drug-likeness (QED) is 0.157. The molecule has 7 nitrogen and oxygen atoms in total. The molecular formula is C22H20BrN3O4S. The number of carbonyl (C=O) groups is 1. The summed E-state index contributed by atoms with van der Waals surface area (Å²) >= 11 is 4.47. The van der Waals surface area contributed by atoms with Crippen molar-refractivity contribution >= 4 is 39.6 Å². The van der Waals surface area contributed by atoms with Crippen LogP contribution in [0.5, 0.6) is 5.88 Å². The first-order valence-corrected chi connectivity index (χ1v) is 11.3. The average Bonchev–Trinajstić information content (AvgIpc) is 3.30. The normalized spacial score (nSPS) is 12.8. The number of rotatable bonds is 9. The predicted molar refractivity (Wildman–Crippen MR) is 123 cm³/mol. The number of benzene rings is 2. The molecule has 3 N–H and O–H groups in total. The van der Waals surface area contributed by atoms with Crippen LogP contribution in [-0.2, 0) is 9.32 Å². The van der Waals surface area contributed by atoms with Crippen LogP contribution in [0.3, 0.4) is 0 Å². The zero-order valence-electron chi connectivity index (χ0n) is 16.6. The molecule has 1 aromatic heterocycles. The van der Waals surface area contributed by atoms with Gasteiger partial charge in [0, 0.05) is 21.5 Å². The van der Waals surface area contributed by atoms with Crippen molar-refractivity contribution < 1.29 is 19.2 Å². The van der Waals surface area contributed by atoms with Gasteiger partial charge in [-0.1, -0.05) is 53.5 Å². The Bertz CT molecular complexity index is 1110. The van der Waals surface area contributed by atoms with Gasteiger partial charge < -0.3 is 10.1 Å². The molecule has 4 rings (SSSR count). The second-order valence-electron chi connectivity index (χ2n) is 6.88. The number of amides is 1.